The molecule has 0 aliphatic heterocycles. The molecular formula is C12H21NO4. The van der Waals surface area contributed by atoms with E-state index in [1.165, 1.54) is 0 Å². The van der Waals surface area contributed by atoms with E-state index in [0.29, 0.717) is 12.8 Å². The zero-order valence-corrected chi connectivity index (χ0v) is 10.7. The van der Waals surface area contributed by atoms with Gasteiger partial charge in [0.25, 0.3) is 0 Å². The third-order valence-electron chi connectivity index (χ3n) is 2.79. The topological polar surface area (TPSA) is 75.6 Å². The van der Waals surface area contributed by atoms with Gasteiger partial charge in [-0.05, 0) is 33.6 Å². The van der Waals surface area contributed by atoms with E-state index in [2.05, 4.69) is 5.32 Å². The smallest absolute Gasteiger partial charge is 0.407 e. The van der Waals surface area contributed by atoms with Gasteiger partial charge >= 0.3 is 12.1 Å². The van der Waals surface area contributed by atoms with Gasteiger partial charge in [0.05, 0.1) is 5.92 Å². The summed E-state index contributed by atoms with van der Waals surface area (Å²) >= 11 is 0. The molecule has 17 heavy (non-hydrogen) atoms. The molecule has 2 atom stereocenters. The minimum atomic E-state index is -0.842. The molecule has 0 heterocycles. The number of amides is 1. The molecule has 1 aliphatic rings. The predicted octanol–water partition coefficient (Wildman–Crippen LogP) is 2.15. The zero-order chi connectivity index (χ0) is 13.1. The van der Waals surface area contributed by atoms with Crippen LogP contribution in [0.3, 0.4) is 0 Å². The molecule has 5 heteroatoms. The molecule has 0 bridgehead atoms. The van der Waals surface area contributed by atoms with E-state index in [0.717, 1.165) is 12.8 Å². The van der Waals surface area contributed by atoms with E-state index in [1.807, 2.05) is 0 Å². The number of nitrogens with one attached hydrogen (secondary N) is 1. The summed E-state index contributed by atoms with van der Waals surface area (Å²) < 4.78 is 5.13. The predicted molar refractivity (Wildman–Crippen MR) is 62.8 cm³/mol. The van der Waals surface area contributed by atoms with Gasteiger partial charge in [0.1, 0.15) is 5.60 Å². The monoisotopic (exact) mass is 243 g/mol. The Bertz CT molecular complexity index is 295. The minimum absolute atomic E-state index is 0.309. The first kappa shape index (κ1) is 13.8. The SMILES string of the molecule is CC(C)(C)OC(=O)N[C@H]1CCCCC1C(=O)O. The maximum atomic E-state index is 11.6. The van der Waals surface area contributed by atoms with Gasteiger partial charge in [-0.1, -0.05) is 12.8 Å². The normalized spacial score (nSPS) is 25.1. The largest absolute Gasteiger partial charge is 0.481 e. The highest BCUT2D eigenvalue weighted by Crippen LogP contribution is 2.25. The van der Waals surface area contributed by atoms with Gasteiger partial charge in [0, 0.05) is 6.04 Å². The first-order valence-electron chi connectivity index (χ1n) is 6.02. The molecular weight excluding hydrogens is 222 g/mol. The van der Waals surface area contributed by atoms with Crippen molar-refractivity contribution in [2.45, 2.75) is 58.1 Å². The summed E-state index contributed by atoms with van der Waals surface area (Å²) in [6.45, 7) is 5.34. The lowest BCUT2D eigenvalue weighted by atomic mass is 9.84. The van der Waals surface area contributed by atoms with E-state index in [-0.39, 0.29) is 6.04 Å². The summed E-state index contributed by atoms with van der Waals surface area (Å²) in [6, 6.07) is -0.309. The Morgan fingerprint density at radius 3 is 2.35 bits per heavy atom. The lowest BCUT2D eigenvalue weighted by molar-refractivity contribution is -0.143. The van der Waals surface area contributed by atoms with Crippen LogP contribution in [0, 0.1) is 5.92 Å². The van der Waals surface area contributed by atoms with Gasteiger partial charge in [-0.2, -0.15) is 0 Å². The van der Waals surface area contributed by atoms with Crippen LogP contribution in [0.2, 0.25) is 0 Å². The molecule has 98 valence electrons. The number of aliphatic carboxylic acids is 1. The second-order valence-corrected chi connectivity index (χ2v) is 5.48. The van der Waals surface area contributed by atoms with Gasteiger partial charge < -0.3 is 15.2 Å². The van der Waals surface area contributed by atoms with Crippen LogP contribution in [0.4, 0.5) is 4.79 Å². The number of hydrogen-bond donors (Lipinski definition) is 2. The zero-order valence-electron chi connectivity index (χ0n) is 10.7. The number of carbonyl (C=O) groups excluding carboxylic acids is 1. The summed E-state index contributed by atoms with van der Waals surface area (Å²) in [4.78, 5) is 22.6. The van der Waals surface area contributed by atoms with Gasteiger partial charge in [0.15, 0.2) is 0 Å². The molecule has 2 N–H and O–H groups in total. The Hall–Kier alpha value is -1.26. The van der Waals surface area contributed by atoms with Crippen LogP contribution in [-0.2, 0) is 9.53 Å². The van der Waals surface area contributed by atoms with Crippen molar-refractivity contribution >= 4 is 12.1 Å². The first-order valence-corrected chi connectivity index (χ1v) is 6.02. The van der Waals surface area contributed by atoms with E-state index in [4.69, 9.17) is 9.84 Å². The number of alkyl carbamates (subject to hydrolysis) is 1. The quantitative estimate of drug-likeness (QED) is 0.779. The second kappa shape index (κ2) is 5.38. The maximum absolute atomic E-state index is 11.6. The number of hydrogen-bond acceptors (Lipinski definition) is 3. The summed E-state index contributed by atoms with van der Waals surface area (Å²) in [5.74, 6) is -1.33. The number of carbonyl (C=O) groups is 2. The van der Waals surface area contributed by atoms with Crippen LogP contribution in [0.25, 0.3) is 0 Å². The van der Waals surface area contributed by atoms with Crippen LogP contribution in [-0.4, -0.2) is 28.8 Å². The van der Waals surface area contributed by atoms with Crippen molar-refractivity contribution < 1.29 is 19.4 Å². The summed E-state index contributed by atoms with van der Waals surface area (Å²) in [6.07, 6.45) is 2.65. The van der Waals surface area contributed by atoms with Crippen LogP contribution in [0.5, 0.6) is 0 Å². The fourth-order valence-corrected chi connectivity index (χ4v) is 2.06. The lowest BCUT2D eigenvalue weighted by Gasteiger charge is -2.30. The van der Waals surface area contributed by atoms with Crippen molar-refractivity contribution in [1.29, 1.82) is 0 Å². The average molecular weight is 243 g/mol. The Labute approximate surface area is 102 Å². The third-order valence-corrected chi connectivity index (χ3v) is 2.79. The molecule has 0 saturated heterocycles. The lowest BCUT2D eigenvalue weighted by Crippen LogP contribution is -2.46. The van der Waals surface area contributed by atoms with E-state index in [1.54, 1.807) is 20.8 Å². The number of carboxylic acids is 1. The highest BCUT2D eigenvalue weighted by molar-refractivity contribution is 5.73. The van der Waals surface area contributed by atoms with Crippen molar-refractivity contribution in [3.05, 3.63) is 0 Å². The number of ether oxygens (including phenoxy) is 1. The summed E-state index contributed by atoms with van der Waals surface area (Å²) in [5, 5.41) is 11.7. The molecule has 1 saturated carbocycles. The summed E-state index contributed by atoms with van der Waals surface area (Å²) in [5.41, 5.74) is -0.558. The van der Waals surface area contributed by atoms with Gasteiger partial charge in [0.2, 0.25) is 0 Å². The van der Waals surface area contributed by atoms with Crippen LogP contribution >= 0.6 is 0 Å². The van der Waals surface area contributed by atoms with Gasteiger partial charge in [-0.3, -0.25) is 4.79 Å². The Kier molecular flexibility index (Phi) is 4.37. The molecule has 0 aromatic rings. The fourth-order valence-electron chi connectivity index (χ4n) is 2.06. The van der Waals surface area contributed by atoms with Crippen LogP contribution in [0.1, 0.15) is 46.5 Å². The van der Waals surface area contributed by atoms with Crippen molar-refractivity contribution in [3.63, 3.8) is 0 Å². The summed E-state index contributed by atoms with van der Waals surface area (Å²) in [7, 11) is 0. The number of carboxylic acid groups (broad SMARTS) is 1. The van der Waals surface area contributed by atoms with E-state index >= 15 is 0 Å². The highest BCUT2D eigenvalue weighted by Gasteiger charge is 2.32. The fraction of sp³-hybridized carbons (Fsp3) is 0.833. The standard InChI is InChI=1S/C12H21NO4/c1-12(2,3)17-11(16)13-9-7-5-4-6-8(9)10(14)15/h8-9H,4-7H2,1-3H3,(H,13,16)(H,14,15)/t8?,9-/m0/s1. The van der Waals surface area contributed by atoms with E-state index in [9.17, 15) is 9.59 Å². The molecule has 1 amide bonds. The second-order valence-electron chi connectivity index (χ2n) is 5.48. The molecule has 0 spiro atoms. The molecule has 1 aliphatic carbocycles. The van der Waals surface area contributed by atoms with Crippen LogP contribution in [0.15, 0.2) is 0 Å². The maximum Gasteiger partial charge on any atom is 0.407 e. The average Bonchev–Trinajstić information content (AvgIpc) is 2.14. The third kappa shape index (κ3) is 4.63. The van der Waals surface area contributed by atoms with Crippen molar-refractivity contribution in [3.8, 4) is 0 Å². The Balaban J connectivity index is 2.53. The molecule has 0 aromatic heterocycles. The first-order chi connectivity index (χ1) is 7.79. The van der Waals surface area contributed by atoms with Gasteiger partial charge in [-0.25, -0.2) is 4.79 Å². The molecule has 1 fully saturated rings. The van der Waals surface area contributed by atoms with Crippen molar-refractivity contribution in [2.75, 3.05) is 0 Å². The molecule has 0 aromatic carbocycles. The van der Waals surface area contributed by atoms with Gasteiger partial charge in [-0.15, -0.1) is 0 Å². The van der Waals surface area contributed by atoms with Crippen LogP contribution < -0.4 is 5.32 Å². The molecule has 1 unspecified atom stereocenters. The van der Waals surface area contributed by atoms with Crippen molar-refractivity contribution in [1.82, 2.24) is 5.32 Å². The number of rotatable bonds is 2. The minimum Gasteiger partial charge on any atom is -0.481 e. The molecule has 5 nitrogen and oxygen atoms in total. The molecule has 0 radical (unpaired) electrons. The molecule has 1 rings (SSSR count). The highest BCUT2D eigenvalue weighted by atomic mass is 16.6. The van der Waals surface area contributed by atoms with E-state index < -0.39 is 23.6 Å². The van der Waals surface area contributed by atoms with Crippen molar-refractivity contribution in [2.24, 2.45) is 5.92 Å². The Morgan fingerprint density at radius 1 is 1.24 bits per heavy atom. The Morgan fingerprint density at radius 2 is 1.82 bits per heavy atom.